The fourth-order valence-corrected chi connectivity index (χ4v) is 1.68. The molecule has 0 fully saturated rings. The van der Waals surface area contributed by atoms with Crippen LogP contribution in [0.5, 0.6) is 0 Å². The SMILES string of the molecule is NC(=S)c1cc(F)cc(Cn2ncccc2=O)c1. The lowest BCUT2D eigenvalue weighted by molar-refractivity contribution is 0.610. The van der Waals surface area contributed by atoms with Gasteiger partial charge in [-0.3, -0.25) is 4.79 Å². The van der Waals surface area contributed by atoms with E-state index in [1.54, 1.807) is 12.1 Å². The van der Waals surface area contributed by atoms with Crippen molar-refractivity contribution in [2.24, 2.45) is 5.73 Å². The van der Waals surface area contributed by atoms with Crippen molar-refractivity contribution in [3.8, 4) is 0 Å². The molecule has 2 N–H and O–H groups in total. The molecule has 0 saturated carbocycles. The summed E-state index contributed by atoms with van der Waals surface area (Å²) in [6, 6.07) is 7.16. The van der Waals surface area contributed by atoms with Crippen LogP contribution in [0.2, 0.25) is 0 Å². The van der Waals surface area contributed by atoms with Gasteiger partial charge in [0, 0.05) is 17.8 Å². The molecule has 0 aliphatic heterocycles. The molecule has 1 aromatic heterocycles. The maximum absolute atomic E-state index is 13.4. The molecule has 18 heavy (non-hydrogen) atoms. The predicted octanol–water partition coefficient (Wildman–Crippen LogP) is 1.06. The average molecular weight is 263 g/mol. The topological polar surface area (TPSA) is 60.9 Å². The van der Waals surface area contributed by atoms with Crippen LogP contribution in [-0.2, 0) is 6.54 Å². The van der Waals surface area contributed by atoms with Crippen LogP contribution in [-0.4, -0.2) is 14.8 Å². The quantitative estimate of drug-likeness (QED) is 0.841. The van der Waals surface area contributed by atoms with Crippen LogP contribution in [0.25, 0.3) is 0 Å². The van der Waals surface area contributed by atoms with Gasteiger partial charge in [-0.2, -0.15) is 5.10 Å². The van der Waals surface area contributed by atoms with E-state index in [0.29, 0.717) is 11.1 Å². The van der Waals surface area contributed by atoms with E-state index >= 15 is 0 Å². The Balaban J connectivity index is 2.38. The Kier molecular flexibility index (Phi) is 3.47. The maximum atomic E-state index is 13.4. The Hall–Kier alpha value is -2.08. The van der Waals surface area contributed by atoms with E-state index in [0.717, 1.165) is 0 Å². The zero-order valence-electron chi connectivity index (χ0n) is 9.34. The van der Waals surface area contributed by atoms with Gasteiger partial charge in [-0.25, -0.2) is 9.07 Å². The number of nitrogens with two attached hydrogens (primary N) is 1. The van der Waals surface area contributed by atoms with Crippen molar-refractivity contribution in [2.75, 3.05) is 0 Å². The Morgan fingerprint density at radius 1 is 1.44 bits per heavy atom. The van der Waals surface area contributed by atoms with Gasteiger partial charge in [-0.15, -0.1) is 0 Å². The summed E-state index contributed by atoms with van der Waals surface area (Å²) in [5.74, 6) is -0.445. The van der Waals surface area contributed by atoms with E-state index in [-0.39, 0.29) is 17.1 Å². The zero-order chi connectivity index (χ0) is 13.1. The highest BCUT2D eigenvalue weighted by Gasteiger charge is 2.05. The minimum Gasteiger partial charge on any atom is -0.389 e. The summed E-state index contributed by atoms with van der Waals surface area (Å²) in [6.07, 6.45) is 1.50. The van der Waals surface area contributed by atoms with Crippen molar-refractivity contribution >= 4 is 17.2 Å². The van der Waals surface area contributed by atoms with E-state index in [4.69, 9.17) is 18.0 Å². The minimum absolute atomic E-state index is 0.115. The van der Waals surface area contributed by atoms with Gasteiger partial charge in [-0.1, -0.05) is 12.2 Å². The van der Waals surface area contributed by atoms with Crippen molar-refractivity contribution in [1.29, 1.82) is 0 Å². The summed E-state index contributed by atoms with van der Waals surface area (Å²) in [7, 11) is 0. The van der Waals surface area contributed by atoms with E-state index < -0.39 is 5.82 Å². The first-order valence-electron chi connectivity index (χ1n) is 5.17. The van der Waals surface area contributed by atoms with Crippen molar-refractivity contribution in [3.05, 3.63) is 63.8 Å². The fourth-order valence-electron chi connectivity index (χ4n) is 1.56. The standard InChI is InChI=1S/C12H10FN3OS/c13-10-5-8(4-9(6-10)12(14)18)7-16-11(17)2-1-3-15-16/h1-6H,7H2,(H2,14,18). The molecule has 92 valence electrons. The highest BCUT2D eigenvalue weighted by Crippen LogP contribution is 2.10. The number of aromatic nitrogens is 2. The zero-order valence-corrected chi connectivity index (χ0v) is 10.2. The van der Waals surface area contributed by atoms with Crippen molar-refractivity contribution in [2.45, 2.75) is 6.54 Å². The summed E-state index contributed by atoms with van der Waals surface area (Å²) >= 11 is 4.80. The highest BCUT2D eigenvalue weighted by molar-refractivity contribution is 7.80. The molecule has 6 heteroatoms. The van der Waals surface area contributed by atoms with Crippen LogP contribution in [0.3, 0.4) is 0 Å². The smallest absolute Gasteiger partial charge is 0.267 e. The number of hydrogen-bond donors (Lipinski definition) is 1. The molecule has 0 amide bonds. The van der Waals surface area contributed by atoms with Crippen LogP contribution in [0.15, 0.2) is 41.3 Å². The third-order valence-corrected chi connectivity index (χ3v) is 2.60. The second-order valence-electron chi connectivity index (χ2n) is 3.73. The molecular weight excluding hydrogens is 253 g/mol. The fraction of sp³-hybridized carbons (Fsp3) is 0.0833. The van der Waals surface area contributed by atoms with Crippen LogP contribution in [0, 0.1) is 5.82 Å². The molecule has 0 saturated heterocycles. The first kappa shape index (κ1) is 12.4. The van der Waals surface area contributed by atoms with Crippen LogP contribution < -0.4 is 11.3 Å². The van der Waals surface area contributed by atoms with Gasteiger partial charge in [0.2, 0.25) is 0 Å². The molecule has 0 unspecified atom stereocenters. The number of nitrogens with zero attached hydrogens (tertiary/aromatic N) is 2. The predicted molar refractivity (Wildman–Crippen MR) is 69.9 cm³/mol. The molecule has 0 spiro atoms. The summed E-state index contributed by atoms with van der Waals surface area (Å²) in [5, 5.41) is 3.90. The lowest BCUT2D eigenvalue weighted by Crippen LogP contribution is -2.22. The molecular formula is C12H10FN3OS. The number of thiocarbonyl (C=S) groups is 1. The van der Waals surface area contributed by atoms with Gasteiger partial charge in [0.05, 0.1) is 6.54 Å². The van der Waals surface area contributed by atoms with Gasteiger partial charge in [0.15, 0.2) is 0 Å². The van der Waals surface area contributed by atoms with Crippen molar-refractivity contribution < 1.29 is 4.39 Å². The summed E-state index contributed by atoms with van der Waals surface area (Å²) in [4.78, 5) is 11.6. The lowest BCUT2D eigenvalue weighted by Gasteiger charge is -2.06. The highest BCUT2D eigenvalue weighted by atomic mass is 32.1. The molecule has 1 aromatic carbocycles. The molecule has 0 atom stereocenters. The third kappa shape index (κ3) is 2.78. The van der Waals surface area contributed by atoms with E-state index in [1.165, 1.54) is 29.1 Å². The van der Waals surface area contributed by atoms with E-state index in [2.05, 4.69) is 5.10 Å². The van der Waals surface area contributed by atoms with Crippen LogP contribution in [0.4, 0.5) is 4.39 Å². The number of benzene rings is 1. The maximum Gasteiger partial charge on any atom is 0.267 e. The molecule has 0 radical (unpaired) electrons. The molecule has 4 nitrogen and oxygen atoms in total. The van der Waals surface area contributed by atoms with Gasteiger partial charge in [0.25, 0.3) is 5.56 Å². The van der Waals surface area contributed by atoms with Crippen LogP contribution in [0.1, 0.15) is 11.1 Å². The van der Waals surface area contributed by atoms with Gasteiger partial charge in [-0.05, 0) is 29.8 Å². The molecule has 2 aromatic rings. The number of halogens is 1. The Labute approximate surface area is 108 Å². The monoisotopic (exact) mass is 263 g/mol. The van der Waals surface area contributed by atoms with Crippen molar-refractivity contribution in [3.63, 3.8) is 0 Å². The third-order valence-electron chi connectivity index (χ3n) is 2.36. The Bertz CT molecular complexity index is 654. The van der Waals surface area contributed by atoms with Gasteiger partial charge in [0.1, 0.15) is 10.8 Å². The Morgan fingerprint density at radius 3 is 2.89 bits per heavy atom. The molecule has 2 rings (SSSR count). The second-order valence-corrected chi connectivity index (χ2v) is 4.17. The average Bonchev–Trinajstić information content (AvgIpc) is 2.31. The second kappa shape index (κ2) is 5.05. The minimum atomic E-state index is -0.445. The molecule has 0 aliphatic carbocycles. The Morgan fingerprint density at radius 2 is 2.22 bits per heavy atom. The lowest BCUT2D eigenvalue weighted by atomic mass is 10.1. The van der Waals surface area contributed by atoms with Gasteiger partial charge < -0.3 is 5.73 Å². The van der Waals surface area contributed by atoms with Crippen molar-refractivity contribution in [1.82, 2.24) is 9.78 Å². The van der Waals surface area contributed by atoms with E-state index in [9.17, 15) is 9.18 Å². The van der Waals surface area contributed by atoms with Gasteiger partial charge >= 0.3 is 0 Å². The largest absolute Gasteiger partial charge is 0.389 e. The van der Waals surface area contributed by atoms with E-state index in [1.807, 2.05) is 0 Å². The summed E-state index contributed by atoms with van der Waals surface area (Å²) in [6.45, 7) is 0.174. The first-order valence-corrected chi connectivity index (χ1v) is 5.58. The molecule has 1 heterocycles. The number of rotatable bonds is 3. The van der Waals surface area contributed by atoms with Crippen LogP contribution >= 0.6 is 12.2 Å². The first-order chi connectivity index (χ1) is 8.56. The molecule has 0 aliphatic rings. The number of hydrogen-bond acceptors (Lipinski definition) is 3. The molecule has 0 bridgehead atoms. The normalized spacial score (nSPS) is 10.3. The summed E-state index contributed by atoms with van der Waals surface area (Å²) < 4.78 is 14.6. The summed E-state index contributed by atoms with van der Waals surface area (Å²) in [5.41, 5.74) is 6.22.